The minimum absolute atomic E-state index is 0.115. The van der Waals surface area contributed by atoms with E-state index in [0.29, 0.717) is 43.2 Å². The van der Waals surface area contributed by atoms with E-state index in [1.165, 1.54) is 19.2 Å². The number of piperidine rings is 1. The highest BCUT2D eigenvalue weighted by Crippen LogP contribution is 2.26. The molecule has 4 aromatic rings. The molecule has 3 heterocycles. The molecule has 1 fully saturated rings. The molecule has 0 radical (unpaired) electrons. The highest BCUT2D eigenvalue weighted by molar-refractivity contribution is 5.92. The quantitative estimate of drug-likeness (QED) is 0.450. The predicted molar refractivity (Wildman–Crippen MR) is 131 cm³/mol. The number of rotatable bonds is 6. The van der Waals surface area contributed by atoms with Gasteiger partial charge in [0, 0.05) is 61.0 Å². The van der Waals surface area contributed by atoms with E-state index in [1.54, 1.807) is 23.1 Å². The Morgan fingerprint density at radius 1 is 1.09 bits per heavy atom. The number of halogens is 1. The second-order valence-electron chi connectivity index (χ2n) is 8.37. The van der Waals surface area contributed by atoms with Crippen LogP contribution in [0.5, 0.6) is 5.75 Å². The molecule has 0 spiro atoms. The van der Waals surface area contributed by atoms with Gasteiger partial charge in [-0.2, -0.15) is 5.10 Å². The number of hydrogen-bond donors (Lipinski definition) is 1. The van der Waals surface area contributed by atoms with Crippen molar-refractivity contribution < 1.29 is 13.9 Å². The molecule has 0 bridgehead atoms. The van der Waals surface area contributed by atoms with Gasteiger partial charge in [-0.05, 0) is 43.2 Å². The van der Waals surface area contributed by atoms with Crippen LogP contribution in [0.4, 0.5) is 15.9 Å². The second kappa shape index (κ2) is 9.92. The molecule has 0 aliphatic carbocycles. The summed E-state index contributed by atoms with van der Waals surface area (Å²) >= 11 is 0. The van der Waals surface area contributed by atoms with Gasteiger partial charge in [0.05, 0.1) is 12.8 Å². The van der Waals surface area contributed by atoms with Crippen LogP contribution >= 0.6 is 0 Å². The molecule has 2 aromatic carbocycles. The van der Waals surface area contributed by atoms with Gasteiger partial charge in [0.25, 0.3) is 0 Å². The first kappa shape index (κ1) is 22.5. The summed E-state index contributed by atoms with van der Waals surface area (Å²) in [5.41, 5.74) is 2.23. The van der Waals surface area contributed by atoms with E-state index >= 15 is 0 Å². The third-order valence-corrected chi connectivity index (χ3v) is 6.08. The van der Waals surface area contributed by atoms with Gasteiger partial charge in [-0.25, -0.2) is 19.0 Å². The van der Waals surface area contributed by atoms with Crippen molar-refractivity contribution in [1.29, 1.82) is 0 Å². The lowest BCUT2D eigenvalue weighted by atomic mass is 9.95. The van der Waals surface area contributed by atoms with Crippen molar-refractivity contribution >= 4 is 17.4 Å². The van der Waals surface area contributed by atoms with Crippen molar-refractivity contribution in [2.24, 2.45) is 5.92 Å². The molecule has 9 heteroatoms. The van der Waals surface area contributed by atoms with Crippen molar-refractivity contribution in [2.75, 3.05) is 30.4 Å². The zero-order chi connectivity index (χ0) is 24.2. The molecule has 5 rings (SSSR count). The Morgan fingerprint density at radius 2 is 1.94 bits per heavy atom. The number of ether oxygens (including phenoxy) is 1. The fourth-order valence-corrected chi connectivity index (χ4v) is 4.24. The van der Waals surface area contributed by atoms with Gasteiger partial charge in [-0.15, -0.1) is 0 Å². The summed E-state index contributed by atoms with van der Waals surface area (Å²) < 4.78 is 20.6. The van der Waals surface area contributed by atoms with Gasteiger partial charge in [0.15, 0.2) is 5.82 Å². The maximum Gasteiger partial charge on any atom is 0.227 e. The topological polar surface area (TPSA) is 85.2 Å². The van der Waals surface area contributed by atoms with E-state index in [-0.39, 0.29) is 11.8 Å². The number of hydrogen-bond acceptors (Lipinski definition) is 6. The average molecular weight is 473 g/mol. The van der Waals surface area contributed by atoms with Crippen LogP contribution in [-0.2, 0) is 4.79 Å². The standard InChI is InChI=1S/C26H25FN6O2/c1-35-23-16-20(27)15-21(17-23)30-26(34)18-7-12-32(13-8-18)24-6-10-28-25(31-24)19-4-2-5-22(14-19)33-11-3-9-29-33/h2-6,9-11,14-18H,7-8,12-13H2,1H3,(H,30,34). The second-order valence-corrected chi connectivity index (χ2v) is 8.37. The minimum atomic E-state index is -0.454. The van der Waals surface area contributed by atoms with Crippen LogP contribution < -0.4 is 15.0 Å². The molecule has 1 aliphatic rings. The summed E-state index contributed by atoms with van der Waals surface area (Å²) in [6.45, 7) is 1.38. The fraction of sp³-hybridized carbons (Fsp3) is 0.231. The Morgan fingerprint density at radius 3 is 2.71 bits per heavy atom. The van der Waals surface area contributed by atoms with Gasteiger partial charge in [0.1, 0.15) is 17.4 Å². The van der Waals surface area contributed by atoms with E-state index in [2.05, 4.69) is 20.3 Å². The zero-order valence-corrected chi connectivity index (χ0v) is 19.3. The van der Waals surface area contributed by atoms with E-state index in [0.717, 1.165) is 17.1 Å². The number of anilines is 2. The number of amides is 1. The first-order valence-electron chi connectivity index (χ1n) is 11.4. The van der Waals surface area contributed by atoms with Gasteiger partial charge < -0.3 is 15.0 Å². The molecule has 0 unspecified atom stereocenters. The van der Waals surface area contributed by atoms with Gasteiger partial charge in [-0.1, -0.05) is 12.1 Å². The van der Waals surface area contributed by atoms with E-state index in [1.807, 2.05) is 42.6 Å². The maximum absolute atomic E-state index is 13.7. The summed E-state index contributed by atoms with van der Waals surface area (Å²) in [7, 11) is 1.46. The summed E-state index contributed by atoms with van der Waals surface area (Å²) in [5.74, 6) is 1.10. The predicted octanol–water partition coefficient (Wildman–Crippen LogP) is 4.33. The number of methoxy groups -OCH3 is 1. The highest BCUT2D eigenvalue weighted by Gasteiger charge is 2.26. The molecule has 35 heavy (non-hydrogen) atoms. The van der Waals surface area contributed by atoms with Crippen molar-refractivity contribution in [3.63, 3.8) is 0 Å². The summed E-state index contributed by atoms with van der Waals surface area (Å²) in [4.78, 5) is 24.2. The normalized spacial score (nSPS) is 14.1. The molecular formula is C26H25FN6O2. The molecule has 1 N–H and O–H groups in total. The largest absolute Gasteiger partial charge is 0.497 e. The van der Waals surface area contributed by atoms with Crippen molar-refractivity contribution in [3.05, 3.63) is 79.0 Å². The van der Waals surface area contributed by atoms with Crippen molar-refractivity contribution in [2.45, 2.75) is 12.8 Å². The SMILES string of the molecule is COc1cc(F)cc(NC(=O)C2CCN(c3ccnc(-c4cccc(-n5cccn5)c4)n3)CC2)c1. The van der Waals surface area contributed by atoms with Crippen molar-refractivity contribution in [1.82, 2.24) is 19.7 Å². The van der Waals surface area contributed by atoms with Gasteiger partial charge in [-0.3, -0.25) is 4.79 Å². The third-order valence-electron chi connectivity index (χ3n) is 6.08. The van der Waals surface area contributed by atoms with Crippen LogP contribution in [-0.4, -0.2) is 45.9 Å². The molecule has 0 saturated carbocycles. The number of carbonyl (C=O) groups excluding carboxylic acids is 1. The summed E-state index contributed by atoms with van der Waals surface area (Å²) in [6.07, 6.45) is 6.73. The Kier molecular flexibility index (Phi) is 6.38. The smallest absolute Gasteiger partial charge is 0.227 e. The van der Waals surface area contributed by atoms with Crippen LogP contribution in [0.2, 0.25) is 0 Å². The number of carbonyl (C=O) groups is 1. The Balaban J connectivity index is 1.24. The fourth-order valence-electron chi connectivity index (χ4n) is 4.24. The summed E-state index contributed by atoms with van der Waals surface area (Å²) in [6, 6.07) is 15.9. The third kappa shape index (κ3) is 5.13. The molecule has 8 nitrogen and oxygen atoms in total. The molecular weight excluding hydrogens is 447 g/mol. The highest BCUT2D eigenvalue weighted by atomic mass is 19.1. The molecule has 2 aromatic heterocycles. The van der Waals surface area contributed by atoms with Crippen LogP contribution in [0.15, 0.2) is 73.2 Å². The van der Waals surface area contributed by atoms with Gasteiger partial charge >= 0.3 is 0 Å². The van der Waals surface area contributed by atoms with E-state index in [9.17, 15) is 9.18 Å². The lowest BCUT2D eigenvalue weighted by Crippen LogP contribution is -2.38. The maximum atomic E-state index is 13.7. The number of nitrogens with one attached hydrogen (secondary N) is 1. The van der Waals surface area contributed by atoms with Crippen molar-refractivity contribution in [3.8, 4) is 22.8 Å². The van der Waals surface area contributed by atoms with E-state index < -0.39 is 5.82 Å². The van der Waals surface area contributed by atoms with E-state index in [4.69, 9.17) is 9.72 Å². The average Bonchev–Trinajstić information content (AvgIpc) is 3.44. The monoisotopic (exact) mass is 472 g/mol. The van der Waals surface area contributed by atoms with Gasteiger partial charge in [0.2, 0.25) is 5.91 Å². The molecule has 1 aliphatic heterocycles. The first-order valence-corrected chi connectivity index (χ1v) is 11.4. The van der Waals surface area contributed by atoms with Crippen LogP contribution in [0, 0.1) is 11.7 Å². The summed E-state index contributed by atoms with van der Waals surface area (Å²) in [5, 5.41) is 7.10. The van der Waals surface area contributed by atoms with Crippen LogP contribution in [0.25, 0.3) is 17.1 Å². The Bertz CT molecular complexity index is 1320. The molecule has 0 atom stereocenters. The number of aromatic nitrogens is 4. The molecule has 1 amide bonds. The lowest BCUT2D eigenvalue weighted by molar-refractivity contribution is -0.120. The Hall–Kier alpha value is -4.27. The lowest BCUT2D eigenvalue weighted by Gasteiger charge is -2.32. The van der Waals surface area contributed by atoms with Crippen LogP contribution in [0.3, 0.4) is 0 Å². The Labute approximate surface area is 202 Å². The molecule has 178 valence electrons. The zero-order valence-electron chi connectivity index (χ0n) is 19.3. The molecule has 1 saturated heterocycles. The first-order chi connectivity index (χ1) is 17.1. The number of nitrogens with zero attached hydrogens (tertiary/aromatic N) is 5. The minimum Gasteiger partial charge on any atom is -0.497 e. The van der Waals surface area contributed by atoms with Crippen LogP contribution in [0.1, 0.15) is 12.8 Å². The number of benzene rings is 2.